The Morgan fingerprint density at radius 1 is 1.29 bits per heavy atom. The smallest absolute Gasteiger partial charge is 0.228 e. The van der Waals surface area contributed by atoms with Crippen molar-refractivity contribution >= 4 is 28.9 Å². The number of carbonyl (C=O) groups excluding carboxylic acids is 1. The van der Waals surface area contributed by atoms with Gasteiger partial charge in [0.1, 0.15) is 0 Å². The lowest BCUT2D eigenvalue weighted by atomic mass is 10.0. The normalized spacial score (nSPS) is 14.5. The van der Waals surface area contributed by atoms with Crippen LogP contribution in [0.2, 0.25) is 5.02 Å². The van der Waals surface area contributed by atoms with Gasteiger partial charge in [-0.25, -0.2) is 0 Å². The average Bonchev–Trinajstić information content (AvgIpc) is 2.84. The van der Waals surface area contributed by atoms with Crippen molar-refractivity contribution < 1.29 is 4.79 Å². The molecule has 0 aliphatic carbocycles. The highest BCUT2D eigenvalue weighted by molar-refractivity contribution is 6.33. The van der Waals surface area contributed by atoms with Gasteiger partial charge in [-0.2, -0.15) is 0 Å². The van der Waals surface area contributed by atoms with Gasteiger partial charge in [0.05, 0.1) is 23.2 Å². The molecule has 108 valence electrons. The molecule has 0 spiro atoms. The predicted molar refractivity (Wildman–Crippen MR) is 86.9 cm³/mol. The Morgan fingerprint density at radius 3 is 2.76 bits per heavy atom. The van der Waals surface area contributed by atoms with E-state index in [1.54, 1.807) is 0 Å². The SMILES string of the molecule is CCC(Nc1cc2c(cc1Cl)NC(=O)C2)c1ccccc1. The number of fused-ring (bicyclic) bond motifs is 1. The molecule has 2 aromatic rings. The van der Waals surface area contributed by atoms with Crippen LogP contribution in [0.4, 0.5) is 11.4 Å². The summed E-state index contributed by atoms with van der Waals surface area (Å²) < 4.78 is 0. The molecule has 3 rings (SSSR count). The Balaban J connectivity index is 1.88. The largest absolute Gasteiger partial charge is 0.377 e. The second-order valence-electron chi connectivity index (χ2n) is 5.23. The maximum absolute atomic E-state index is 11.4. The lowest BCUT2D eigenvalue weighted by molar-refractivity contribution is -0.115. The summed E-state index contributed by atoms with van der Waals surface area (Å²) in [5, 5.41) is 6.93. The summed E-state index contributed by atoms with van der Waals surface area (Å²) in [5.41, 5.74) is 3.92. The fourth-order valence-electron chi connectivity index (χ4n) is 2.65. The summed E-state index contributed by atoms with van der Waals surface area (Å²) in [7, 11) is 0. The first-order valence-electron chi connectivity index (χ1n) is 7.11. The molecule has 21 heavy (non-hydrogen) atoms. The Hall–Kier alpha value is -2.00. The van der Waals surface area contributed by atoms with Crippen LogP contribution in [-0.4, -0.2) is 5.91 Å². The van der Waals surface area contributed by atoms with Crippen LogP contribution in [0.3, 0.4) is 0 Å². The summed E-state index contributed by atoms with van der Waals surface area (Å²) in [6.45, 7) is 2.14. The molecule has 2 aromatic carbocycles. The van der Waals surface area contributed by atoms with Crippen molar-refractivity contribution in [2.45, 2.75) is 25.8 Å². The van der Waals surface area contributed by atoms with Gasteiger partial charge in [-0.3, -0.25) is 4.79 Å². The molecule has 1 atom stereocenters. The van der Waals surface area contributed by atoms with Crippen molar-refractivity contribution in [1.29, 1.82) is 0 Å². The van der Waals surface area contributed by atoms with Crippen molar-refractivity contribution in [3.8, 4) is 0 Å². The average molecular weight is 301 g/mol. The molecular weight excluding hydrogens is 284 g/mol. The predicted octanol–water partition coefficient (Wildman–Crippen LogP) is 4.40. The molecule has 0 bridgehead atoms. The van der Waals surface area contributed by atoms with Gasteiger partial charge in [-0.1, -0.05) is 48.9 Å². The second-order valence-corrected chi connectivity index (χ2v) is 5.64. The van der Waals surface area contributed by atoms with Gasteiger partial charge in [0.15, 0.2) is 0 Å². The summed E-state index contributed by atoms with van der Waals surface area (Å²) in [5.74, 6) is 0.0216. The van der Waals surface area contributed by atoms with Crippen molar-refractivity contribution in [3.63, 3.8) is 0 Å². The molecule has 1 amide bonds. The molecule has 1 aliphatic rings. The first-order chi connectivity index (χ1) is 10.2. The third-order valence-electron chi connectivity index (χ3n) is 3.76. The number of hydrogen-bond acceptors (Lipinski definition) is 2. The van der Waals surface area contributed by atoms with Crippen LogP contribution in [-0.2, 0) is 11.2 Å². The minimum Gasteiger partial charge on any atom is -0.377 e. The van der Waals surface area contributed by atoms with Gasteiger partial charge >= 0.3 is 0 Å². The molecule has 0 saturated heterocycles. The zero-order chi connectivity index (χ0) is 14.8. The van der Waals surface area contributed by atoms with E-state index in [1.165, 1.54) is 5.56 Å². The van der Waals surface area contributed by atoms with Crippen molar-refractivity contribution in [3.05, 3.63) is 58.6 Å². The molecule has 1 aliphatic heterocycles. The van der Waals surface area contributed by atoms with Crippen LogP contribution in [0.15, 0.2) is 42.5 Å². The quantitative estimate of drug-likeness (QED) is 0.879. The van der Waals surface area contributed by atoms with Crippen LogP contribution in [0.1, 0.15) is 30.5 Å². The van der Waals surface area contributed by atoms with E-state index in [0.717, 1.165) is 23.4 Å². The molecule has 0 aromatic heterocycles. The number of amides is 1. The Morgan fingerprint density at radius 2 is 2.05 bits per heavy atom. The lowest BCUT2D eigenvalue weighted by Gasteiger charge is -2.20. The van der Waals surface area contributed by atoms with Gasteiger partial charge < -0.3 is 10.6 Å². The number of hydrogen-bond donors (Lipinski definition) is 2. The van der Waals surface area contributed by atoms with E-state index in [0.29, 0.717) is 11.4 Å². The third-order valence-corrected chi connectivity index (χ3v) is 4.07. The number of rotatable bonds is 4. The maximum atomic E-state index is 11.4. The molecule has 0 fully saturated rings. The van der Waals surface area contributed by atoms with Crippen LogP contribution in [0, 0.1) is 0 Å². The number of anilines is 2. The lowest BCUT2D eigenvalue weighted by Crippen LogP contribution is -2.10. The number of carbonyl (C=O) groups is 1. The van der Waals surface area contributed by atoms with Crippen molar-refractivity contribution in [2.75, 3.05) is 10.6 Å². The van der Waals surface area contributed by atoms with E-state index < -0.39 is 0 Å². The van der Waals surface area contributed by atoms with Gasteiger partial charge in [0.25, 0.3) is 0 Å². The van der Waals surface area contributed by atoms with Crippen LogP contribution in [0.5, 0.6) is 0 Å². The number of halogens is 1. The van der Waals surface area contributed by atoms with E-state index in [-0.39, 0.29) is 11.9 Å². The first kappa shape index (κ1) is 14.0. The Kier molecular flexibility index (Phi) is 3.84. The van der Waals surface area contributed by atoms with Gasteiger partial charge in [-0.05, 0) is 29.7 Å². The molecule has 0 radical (unpaired) electrons. The van der Waals surface area contributed by atoms with Gasteiger partial charge in [0, 0.05) is 5.69 Å². The molecule has 1 heterocycles. The molecule has 4 heteroatoms. The third kappa shape index (κ3) is 2.88. The maximum Gasteiger partial charge on any atom is 0.228 e. The molecule has 0 saturated carbocycles. The highest BCUT2D eigenvalue weighted by Crippen LogP contribution is 2.35. The fourth-order valence-corrected chi connectivity index (χ4v) is 2.87. The Labute approximate surface area is 129 Å². The zero-order valence-electron chi connectivity index (χ0n) is 11.8. The Bertz CT molecular complexity index is 670. The zero-order valence-corrected chi connectivity index (χ0v) is 12.6. The standard InChI is InChI=1S/C17H17ClN2O/c1-2-14(11-6-4-3-5-7-11)19-16-8-12-9-17(21)20-15(12)10-13(16)18/h3-8,10,14,19H,2,9H2,1H3,(H,20,21). The molecule has 2 N–H and O–H groups in total. The molecule has 1 unspecified atom stereocenters. The number of benzene rings is 2. The second kappa shape index (κ2) is 5.78. The highest BCUT2D eigenvalue weighted by atomic mass is 35.5. The first-order valence-corrected chi connectivity index (χ1v) is 7.49. The summed E-state index contributed by atoms with van der Waals surface area (Å²) >= 11 is 6.33. The minimum atomic E-state index is 0.0216. The summed E-state index contributed by atoms with van der Waals surface area (Å²) in [6, 6.07) is 14.3. The van der Waals surface area contributed by atoms with E-state index >= 15 is 0 Å². The summed E-state index contributed by atoms with van der Waals surface area (Å²) in [4.78, 5) is 11.4. The van der Waals surface area contributed by atoms with Crippen LogP contribution >= 0.6 is 11.6 Å². The van der Waals surface area contributed by atoms with E-state index in [4.69, 9.17) is 11.6 Å². The van der Waals surface area contributed by atoms with Gasteiger partial charge in [-0.15, -0.1) is 0 Å². The van der Waals surface area contributed by atoms with Gasteiger partial charge in [0.2, 0.25) is 5.91 Å². The van der Waals surface area contributed by atoms with E-state index in [2.05, 4.69) is 29.7 Å². The van der Waals surface area contributed by atoms with E-state index in [1.807, 2.05) is 30.3 Å². The van der Waals surface area contributed by atoms with Crippen LogP contribution < -0.4 is 10.6 Å². The number of nitrogens with one attached hydrogen (secondary N) is 2. The van der Waals surface area contributed by atoms with Crippen molar-refractivity contribution in [1.82, 2.24) is 0 Å². The monoisotopic (exact) mass is 300 g/mol. The minimum absolute atomic E-state index is 0.0216. The topological polar surface area (TPSA) is 41.1 Å². The highest BCUT2D eigenvalue weighted by Gasteiger charge is 2.20. The van der Waals surface area contributed by atoms with E-state index in [9.17, 15) is 4.79 Å². The summed E-state index contributed by atoms with van der Waals surface area (Å²) in [6.07, 6.45) is 1.37. The molecular formula is C17H17ClN2O. The van der Waals surface area contributed by atoms with Crippen LogP contribution in [0.25, 0.3) is 0 Å². The molecule has 3 nitrogen and oxygen atoms in total. The fraction of sp³-hybridized carbons (Fsp3) is 0.235. The van der Waals surface area contributed by atoms with Crippen molar-refractivity contribution in [2.24, 2.45) is 0 Å².